The van der Waals surface area contributed by atoms with E-state index in [0.717, 1.165) is 37.7 Å². The standard InChI is InChI=1S/C20H28N2O3/c23-18(15-17-7-3-1-4-8-17)21-11-13-22(14-12-21)19(24)16-20(25)9-5-2-6-10-20/h1,3-4,7-8,25H,2,5-6,9-16H2. The van der Waals surface area contributed by atoms with E-state index in [1.807, 2.05) is 35.2 Å². The lowest BCUT2D eigenvalue weighted by Gasteiger charge is -2.38. The van der Waals surface area contributed by atoms with E-state index in [0.29, 0.717) is 32.6 Å². The molecule has 136 valence electrons. The van der Waals surface area contributed by atoms with Crippen molar-refractivity contribution in [2.75, 3.05) is 26.2 Å². The first-order chi connectivity index (χ1) is 12.1. The van der Waals surface area contributed by atoms with Gasteiger partial charge in [0.15, 0.2) is 0 Å². The average molecular weight is 344 g/mol. The smallest absolute Gasteiger partial charge is 0.227 e. The summed E-state index contributed by atoms with van der Waals surface area (Å²) in [6, 6.07) is 9.74. The first-order valence-electron chi connectivity index (χ1n) is 9.38. The minimum Gasteiger partial charge on any atom is -0.389 e. The van der Waals surface area contributed by atoms with Crippen molar-refractivity contribution in [1.29, 1.82) is 0 Å². The van der Waals surface area contributed by atoms with E-state index in [4.69, 9.17) is 0 Å². The molecule has 1 saturated heterocycles. The second kappa shape index (κ2) is 8.00. The lowest BCUT2D eigenvalue weighted by Crippen LogP contribution is -2.52. The van der Waals surface area contributed by atoms with Gasteiger partial charge in [-0.2, -0.15) is 0 Å². The quantitative estimate of drug-likeness (QED) is 0.909. The number of carbonyl (C=O) groups is 2. The van der Waals surface area contributed by atoms with Gasteiger partial charge < -0.3 is 14.9 Å². The van der Waals surface area contributed by atoms with Crippen LogP contribution in [0.4, 0.5) is 0 Å². The zero-order chi connectivity index (χ0) is 17.7. The maximum Gasteiger partial charge on any atom is 0.227 e. The van der Waals surface area contributed by atoms with Crippen LogP contribution in [0.15, 0.2) is 30.3 Å². The first-order valence-corrected chi connectivity index (χ1v) is 9.38. The highest BCUT2D eigenvalue weighted by Crippen LogP contribution is 2.31. The van der Waals surface area contributed by atoms with E-state index in [-0.39, 0.29) is 18.2 Å². The van der Waals surface area contributed by atoms with Gasteiger partial charge in [0.25, 0.3) is 0 Å². The molecule has 1 N–H and O–H groups in total. The summed E-state index contributed by atoms with van der Waals surface area (Å²) in [4.78, 5) is 28.5. The largest absolute Gasteiger partial charge is 0.389 e. The lowest BCUT2D eigenvalue weighted by atomic mass is 9.82. The molecule has 2 fully saturated rings. The lowest BCUT2D eigenvalue weighted by molar-refractivity contribution is -0.143. The van der Waals surface area contributed by atoms with Crippen LogP contribution in [0, 0.1) is 0 Å². The maximum absolute atomic E-state index is 12.5. The Kier molecular flexibility index (Phi) is 5.74. The number of aliphatic hydroxyl groups is 1. The van der Waals surface area contributed by atoms with Crippen LogP contribution in [0.2, 0.25) is 0 Å². The zero-order valence-corrected chi connectivity index (χ0v) is 14.8. The predicted octanol–water partition coefficient (Wildman–Crippen LogP) is 1.99. The van der Waals surface area contributed by atoms with Crippen LogP contribution in [0.1, 0.15) is 44.1 Å². The van der Waals surface area contributed by atoms with Crippen molar-refractivity contribution in [2.24, 2.45) is 0 Å². The normalized spacial score (nSPS) is 20.4. The second-order valence-electron chi connectivity index (χ2n) is 7.39. The van der Waals surface area contributed by atoms with Gasteiger partial charge in [0.05, 0.1) is 18.4 Å². The van der Waals surface area contributed by atoms with E-state index in [9.17, 15) is 14.7 Å². The van der Waals surface area contributed by atoms with E-state index in [2.05, 4.69) is 0 Å². The monoisotopic (exact) mass is 344 g/mol. The Morgan fingerprint density at radius 2 is 1.44 bits per heavy atom. The number of hydrogen-bond acceptors (Lipinski definition) is 3. The molecule has 0 atom stereocenters. The number of carbonyl (C=O) groups excluding carboxylic acids is 2. The van der Waals surface area contributed by atoms with Gasteiger partial charge in [-0.3, -0.25) is 9.59 Å². The Morgan fingerprint density at radius 3 is 2.04 bits per heavy atom. The average Bonchev–Trinajstić information content (AvgIpc) is 2.63. The third kappa shape index (κ3) is 4.82. The topological polar surface area (TPSA) is 60.9 Å². The molecule has 2 aliphatic rings. The first kappa shape index (κ1) is 17.9. The van der Waals surface area contributed by atoms with Crippen LogP contribution in [0.5, 0.6) is 0 Å². The van der Waals surface area contributed by atoms with Crippen molar-refractivity contribution in [3.63, 3.8) is 0 Å². The Bertz CT molecular complexity index is 588. The Morgan fingerprint density at radius 1 is 0.880 bits per heavy atom. The van der Waals surface area contributed by atoms with Gasteiger partial charge in [-0.25, -0.2) is 0 Å². The van der Waals surface area contributed by atoms with Gasteiger partial charge in [0.2, 0.25) is 11.8 Å². The van der Waals surface area contributed by atoms with E-state index in [1.165, 1.54) is 0 Å². The second-order valence-corrected chi connectivity index (χ2v) is 7.39. The third-order valence-corrected chi connectivity index (χ3v) is 5.45. The molecule has 2 amide bonds. The predicted molar refractivity (Wildman–Crippen MR) is 96.0 cm³/mol. The molecule has 5 nitrogen and oxygen atoms in total. The van der Waals surface area contributed by atoms with Gasteiger partial charge in [-0.15, -0.1) is 0 Å². The number of benzene rings is 1. The van der Waals surface area contributed by atoms with Crippen molar-refractivity contribution in [1.82, 2.24) is 9.80 Å². The van der Waals surface area contributed by atoms with Crippen LogP contribution < -0.4 is 0 Å². The fraction of sp³-hybridized carbons (Fsp3) is 0.600. The number of hydrogen-bond donors (Lipinski definition) is 1. The Hall–Kier alpha value is -1.88. The van der Waals surface area contributed by atoms with Gasteiger partial charge in [0, 0.05) is 26.2 Å². The van der Waals surface area contributed by atoms with E-state index in [1.54, 1.807) is 4.90 Å². The van der Waals surface area contributed by atoms with Crippen molar-refractivity contribution >= 4 is 11.8 Å². The van der Waals surface area contributed by atoms with Crippen LogP contribution in [-0.2, 0) is 16.0 Å². The van der Waals surface area contributed by atoms with Crippen LogP contribution in [0.25, 0.3) is 0 Å². The molecule has 1 aliphatic carbocycles. The number of amides is 2. The van der Waals surface area contributed by atoms with Crippen LogP contribution >= 0.6 is 0 Å². The number of rotatable bonds is 4. The molecule has 1 aliphatic heterocycles. The summed E-state index contributed by atoms with van der Waals surface area (Å²) in [5.74, 6) is 0.142. The summed E-state index contributed by atoms with van der Waals surface area (Å²) in [5, 5.41) is 10.6. The van der Waals surface area contributed by atoms with Crippen LogP contribution in [0.3, 0.4) is 0 Å². The minimum absolute atomic E-state index is 0.0274. The van der Waals surface area contributed by atoms with Crippen molar-refractivity contribution in [3.8, 4) is 0 Å². The van der Waals surface area contributed by atoms with Crippen LogP contribution in [-0.4, -0.2) is 58.5 Å². The maximum atomic E-state index is 12.5. The summed E-state index contributed by atoms with van der Waals surface area (Å²) in [5.41, 5.74) is 0.209. The molecule has 1 saturated carbocycles. The Labute approximate surface area is 149 Å². The zero-order valence-electron chi connectivity index (χ0n) is 14.8. The van der Waals surface area contributed by atoms with E-state index >= 15 is 0 Å². The molecule has 5 heteroatoms. The van der Waals surface area contributed by atoms with Crippen molar-refractivity contribution < 1.29 is 14.7 Å². The Balaban J connectivity index is 1.46. The van der Waals surface area contributed by atoms with E-state index < -0.39 is 5.60 Å². The summed E-state index contributed by atoms with van der Waals surface area (Å²) in [6.45, 7) is 2.29. The van der Waals surface area contributed by atoms with Gasteiger partial charge in [0.1, 0.15) is 0 Å². The minimum atomic E-state index is -0.810. The van der Waals surface area contributed by atoms with Gasteiger partial charge >= 0.3 is 0 Å². The summed E-state index contributed by atoms with van der Waals surface area (Å²) in [7, 11) is 0. The molecular weight excluding hydrogens is 316 g/mol. The molecule has 0 unspecified atom stereocenters. The number of nitrogens with zero attached hydrogens (tertiary/aromatic N) is 2. The summed E-state index contributed by atoms with van der Waals surface area (Å²) in [6.07, 6.45) is 5.26. The molecule has 0 radical (unpaired) electrons. The number of piperazine rings is 1. The molecule has 1 heterocycles. The third-order valence-electron chi connectivity index (χ3n) is 5.45. The highest BCUT2D eigenvalue weighted by Gasteiger charge is 2.34. The molecular formula is C20H28N2O3. The molecule has 0 bridgehead atoms. The molecule has 0 aromatic heterocycles. The molecule has 1 aromatic carbocycles. The fourth-order valence-corrected chi connectivity index (χ4v) is 3.87. The van der Waals surface area contributed by atoms with Crippen molar-refractivity contribution in [3.05, 3.63) is 35.9 Å². The summed E-state index contributed by atoms with van der Waals surface area (Å²) < 4.78 is 0. The van der Waals surface area contributed by atoms with Gasteiger partial charge in [-0.1, -0.05) is 49.6 Å². The van der Waals surface area contributed by atoms with Crippen molar-refractivity contribution in [2.45, 2.75) is 50.5 Å². The highest BCUT2D eigenvalue weighted by atomic mass is 16.3. The fourth-order valence-electron chi connectivity index (χ4n) is 3.87. The highest BCUT2D eigenvalue weighted by molar-refractivity contribution is 5.80. The molecule has 3 rings (SSSR count). The van der Waals surface area contributed by atoms with Gasteiger partial charge in [-0.05, 0) is 18.4 Å². The molecule has 25 heavy (non-hydrogen) atoms. The molecule has 1 aromatic rings. The summed E-state index contributed by atoms with van der Waals surface area (Å²) >= 11 is 0. The molecule has 0 spiro atoms. The SMILES string of the molecule is O=C(Cc1ccccc1)N1CCN(C(=O)CC2(O)CCCCC2)CC1.